The van der Waals surface area contributed by atoms with Gasteiger partial charge in [0.1, 0.15) is 6.10 Å². The topological polar surface area (TPSA) is 104 Å². The molecule has 6 heteroatoms. The minimum absolute atomic E-state index is 0.0264. The largest absolute Gasteiger partial charge is 0.461 e. The van der Waals surface area contributed by atoms with Gasteiger partial charge in [0, 0.05) is 18.8 Å². The zero-order valence-corrected chi connectivity index (χ0v) is 16.6. The third kappa shape index (κ3) is 2.97. The second-order valence-electron chi connectivity index (χ2n) is 9.71. The molecule has 152 valence electrons. The molecular weight excluding hydrogens is 348 g/mol. The Bertz CT molecular complexity index is 650. The molecule has 6 nitrogen and oxygen atoms in total. The van der Waals surface area contributed by atoms with Crippen molar-refractivity contribution in [1.82, 2.24) is 0 Å². The number of hydrogen-bond donors (Lipinski definition) is 3. The third-order valence-electron chi connectivity index (χ3n) is 7.26. The van der Waals surface area contributed by atoms with Crippen molar-refractivity contribution in [1.29, 1.82) is 0 Å². The van der Waals surface area contributed by atoms with Crippen LogP contribution < -0.4 is 0 Å². The highest BCUT2D eigenvalue weighted by Gasteiger charge is 2.68. The molecular formula is C21H32O6. The van der Waals surface area contributed by atoms with Gasteiger partial charge in [-0.1, -0.05) is 13.0 Å². The van der Waals surface area contributed by atoms with Gasteiger partial charge in [-0.3, -0.25) is 9.59 Å². The summed E-state index contributed by atoms with van der Waals surface area (Å²) >= 11 is 0. The van der Waals surface area contributed by atoms with E-state index in [2.05, 4.69) is 0 Å². The highest BCUT2D eigenvalue weighted by Crippen LogP contribution is 2.64. The molecule has 0 amide bonds. The van der Waals surface area contributed by atoms with Crippen LogP contribution in [0, 0.1) is 28.1 Å². The number of fused-ring (bicyclic) bond motifs is 3. The molecule has 0 aromatic carbocycles. The summed E-state index contributed by atoms with van der Waals surface area (Å²) in [6.45, 7) is 6.90. The normalized spacial score (nSPS) is 44.0. The molecule has 3 rings (SSSR count). The first-order chi connectivity index (χ1) is 12.5. The molecule has 0 unspecified atom stereocenters. The smallest absolute Gasteiger partial charge is 0.311 e. The van der Waals surface area contributed by atoms with Crippen LogP contribution in [0.4, 0.5) is 0 Å². The van der Waals surface area contributed by atoms with Gasteiger partial charge in [0.2, 0.25) is 0 Å². The molecule has 2 saturated carbocycles. The first-order valence-corrected chi connectivity index (χ1v) is 9.91. The van der Waals surface area contributed by atoms with E-state index < -0.39 is 46.4 Å². The minimum atomic E-state index is -1.12. The number of ketones is 1. The molecule has 0 radical (unpaired) electrons. The van der Waals surface area contributed by atoms with Gasteiger partial charge in [0.25, 0.3) is 0 Å². The van der Waals surface area contributed by atoms with Gasteiger partial charge in [-0.25, -0.2) is 0 Å². The van der Waals surface area contributed by atoms with Gasteiger partial charge in [-0.15, -0.1) is 0 Å². The quantitative estimate of drug-likeness (QED) is 0.643. The van der Waals surface area contributed by atoms with Crippen molar-refractivity contribution in [3.63, 3.8) is 0 Å². The van der Waals surface area contributed by atoms with Crippen LogP contribution >= 0.6 is 0 Å². The van der Waals surface area contributed by atoms with Crippen molar-refractivity contribution >= 4 is 11.8 Å². The van der Waals surface area contributed by atoms with Gasteiger partial charge in [-0.05, 0) is 51.0 Å². The molecule has 2 fully saturated rings. The van der Waals surface area contributed by atoms with Crippen molar-refractivity contribution in [2.75, 3.05) is 6.61 Å². The maximum absolute atomic E-state index is 12.7. The summed E-state index contributed by atoms with van der Waals surface area (Å²) in [4.78, 5) is 24.9. The van der Waals surface area contributed by atoms with Crippen molar-refractivity contribution in [2.45, 2.75) is 71.7 Å². The van der Waals surface area contributed by atoms with Crippen LogP contribution in [0.1, 0.15) is 53.4 Å². The summed E-state index contributed by atoms with van der Waals surface area (Å²) in [5, 5.41) is 32.0. The first kappa shape index (κ1) is 20.5. The van der Waals surface area contributed by atoms with Crippen molar-refractivity contribution < 1.29 is 29.6 Å². The number of ether oxygens (including phenoxy) is 1. The van der Waals surface area contributed by atoms with Crippen molar-refractivity contribution in [3.05, 3.63) is 12.2 Å². The number of rotatable bonds is 3. The van der Waals surface area contributed by atoms with E-state index in [0.717, 1.165) is 0 Å². The Morgan fingerprint density at radius 1 is 1.33 bits per heavy atom. The summed E-state index contributed by atoms with van der Waals surface area (Å²) in [6.07, 6.45) is 2.40. The second-order valence-corrected chi connectivity index (χ2v) is 9.71. The molecule has 3 aliphatic rings. The average molecular weight is 380 g/mol. The van der Waals surface area contributed by atoms with Gasteiger partial charge in [0.15, 0.2) is 5.78 Å². The van der Waals surface area contributed by atoms with Crippen LogP contribution in [0.2, 0.25) is 0 Å². The van der Waals surface area contributed by atoms with Crippen LogP contribution in [0.15, 0.2) is 12.2 Å². The Morgan fingerprint density at radius 3 is 2.56 bits per heavy atom. The minimum Gasteiger partial charge on any atom is -0.461 e. The third-order valence-corrected chi connectivity index (χ3v) is 7.26. The summed E-state index contributed by atoms with van der Waals surface area (Å²) in [5.74, 6) is -0.994. The lowest BCUT2D eigenvalue weighted by Gasteiger charge is -2.58. The fourth-order valence-corrected chi connectivity index (χ4v) is 5.66. The van der Waals surface area contributed by atoms with E-state index in [0.29, 0.717) is 19.3 Å². The average Bonchev–Trinajstić information content (AvgIpc) is 2.85. The van der Waals surface area contributed by atoms with Gasteiger partial charge in [0.05, 0.1) is 29.6 Å². The monoisotopic (exact) mass is 380 g/mol. The Morgan fingerprint density at radius 2 is 2.00 bits per heavy atom. The Hall–Kier alpha value is -1.24. The molecule has 0 bridgehead atoms. The van der Waals surface area contributed by atoms with E-state index in [1.807, 2.05) is 13.0 Å². The second kappa shape index (κ2) is 6.68. The summed E-state index contributed by atoms with van der Waals surface area (Å²) < 4.78 is 5.89. The predicted octanol–water partition coefficient (Wildman–Crippen LogP) is 1.61. The molecule has 7 atom stereocenters. The number of aliphatic hydroxyl groups excluding tert-OH is 3. The van der Waals surface area contributed by atoms with Crippen molar-refractivity contribution in [3.8, 4) is 0 Å². The van der Waals surface area contributed by atoms with E-state index in [4.69, 9.17) is 4.74 Å². The van der Waals surface area contributed by atoms with E-state index >= 15 is 0 Å². The maximum Gasteiger partial charge on any atom is 0.311 e. The lowest BCUT2D eigenvalue weighted by atomic mass is 9.48. The SMILES string of the molecule is CC[C@]12CC(=O)C=C[C@H]1[C@@H]1[C@H](O)C[C@@H](O)[C@@]1(CO)[C@@H](OC(=O)C(C)(C)C)C2. The van der Waals surface area contributed by atoms with Crippen LogP contribution in [0.25, 0.3) is 0 Å². The van der Waals surface area contributed by atoms with E-state index in [9.17, 15) is 24.9 Å². The molecule has 0 saturated heterocycles. The predicted molar refractivity (Wildman–Crippen MR) is 98.6 cm³/mol. The van der Waals surface area contributed by atoms with Gasteiger partial charge < -0.3 is 20.1 Å². The molecule has 0 aliphatic heterocycles. The van der Waals surface area contributed by atoms with Crippen molar-refractivity contribution in [2.24, 2.45) is 28.1 Å². The fourth-order valence-electron chi connectivity index (χ4n) is 5.66. The number of allylic oxidation sites excluding steroid dienone is 2. The molecule has 3 N–H and O–H groups in total. The molecule has 3 aliphatic carbocycles. The zero-order valence-electron chi connectivity index (χ0n) is 16.6. The molecule has 0 spiro atoms. The lowest BCUT2D eigenvalue weighted by molar-refractivity contribution is -0.211. The maximum atomic E-state index is 12.7. The summed E-state index contributed by atoms with van der Waals surface area (Å²) in [7, 11) is 0. The summed E-state index contributed by atoms with van der Waals surface area (Å²) in [5.41, 5.74) is -2.29. The lowest BCUT2D eigenvalue weighted by Crippen LogP contribution is -2.62. The molecule has 27 heavy (non-hydrogen) atoms. The number of carbonyl (C=O) groups excluding carboxylic acids is 2. The van der Waals surface area contributed by atoms with Gasteiger partial charge >= 0.3 is 5.97 Å². The van der Waals surface area contributed by atoms with E-state index in [1.54, 1.807) is 26.8 Å². The Kier molecular flexibility index (Phi) is 5.07. The molecule has 0 aromatic rings. The first-order valence-electron chi connectivity index (χ1n) is 9.91. The fraction of sp³-hybridized carbons (Fsp3) is 0.810. The molecule has 0 aromatic heterocycles. The van der Waals surface area contributed by atoms with Crippen LogP contribution in [0.3, 0.4) is 0 Å². The number of hydrogen-bond acceptors (Lipinski definition) is 6. The van der Waals surface area contributed by atoms with Gasteiger partial charge in [-0.2, -0.15) is 0 Å². The number of carbonyl (C=O) groups is 2. The highest BCUT2D eigenvalue weighted by molar-refractivity contribution is 5.91. The number of aliphatic hydroxyl groups is 3. The highest BCUT2D eigenvalue weighted by atomic mass is 16.5. The Labute approximate surface area is 160 Å². The molecule has 0 heterocycles. The van der Waals surface area contributed by atoms with E-state index in [1.165, 1.54) is 0 Å². The Balaban J connectivity index is 2.10. The zero-order chi connectivity index (χ0) is 20.2. The van der Waals surface area contributed by atoms with Crippen LogP contribution in [-0.4, -0.2) is 52.0 Å². The standard InChI is InChI=1S/C21H32O6/c1-5-20-9-12(23)6-7-13(20)17-14(24)8-15(25)21(17,11-22)16(10-20)27-18(26)19(2,3)4/h6-7,13-17,22,24-25H,5,8-11H2,1-4H3/t13-,14+,15+,16-,17+,20+,21-/m0/s1. The number of esters is 1. The summed E-state index contributed by atoms with van der Waals surface area (Å²) in [6, 6.07) is 0. The van der Waals surface area contributed by atoms with Crippen LogP contribution in [0.5, 0.6) is 0 Å². The van der Waals surface area contributed by atoms with Crippen LogP contribution in [-0.2, 0) is 14.3 Å². The van der Waals surface area contributed by atoms with E-state index in [-0.39, 0.29) is 24.7 Å².